The van der Waals surface area contributed by atoms with E-state index in [-0.39, 0.29) is 17.6 Å². The summed E-state index contributed by atoms with van der Waals surface area (Å²) < 4.78 is 46.3. The Kier molecular flexibility index (Phi) is 5.22. The van der Waals surface area contributed by atoms with Gasteiger partial charge in [-0.05, 0) is 42.0 Å². The zero-order valence-electron chi connectivity index (χ0n) is 14.9. The largest absolute Gasteiger partial charge is 0.387 e. The number of Topliss-reactive ketones (excluding diaryl/α,β-unsaturated/α-hetero) is 1. The van der Waals surface area contributed by atoms with Gasteiger partial charge in [0.2, 0.25) is 5.78 Å². The molecule has 0 spiro atoms. The van der Waals surface area contributed by atoms with Crippen LogP contribution in [0.2, 0.25) is 0 Å². The Morgan fingerprint density at radius 2 is 2.07 bits per heavy atom. The lowest BCUT2D eigenvalue weighted by molar-refractivity contribution is 0.104. The maximum atomic E-state index is 13.2. The molecule has 1 aromatic heterocycles. The molecule has 4 rings (SSSR count). The second-order valence-electron chi connectivity index (χ2n) is 6.65. The molecule has 0 aliphatic carbocycles. The van der Waals surface area contributed by atoms with Crippen LogP contribution in [0.15, 0.2) is 46.8 Å². The lowest BCUT2D eigenvalue weighted by Gasteiger charge is -2.29. The van der Waals surface area contributed by atoms with Gasteiger partial charge in [0.15, 0.2) is 4.91 Å². The number of benzene rings is 1. The van der Waals surface area contributed by atoms with E-state index in [9.17, 15) is 17.6 Å². The fourth-order valence-corrected chi connectivity index (χ4v) is 5.81. The zero-order chi connectivity index (χ0) is 19.7. The van der Waals surface area contributed by atoms with Gasteiger partial charge in [0.1, 0.15) is 10.7 Å². The van der Waals surface area contributed by atoms with Crippen molar-refractivity contribution >= 4 is 32.8 Å². The molecule has 3 heterocycles. The first-order valence-electron chi connectivity index (χ1n) is 8.91. The van der Waals surface area contributed by atoms with E-state index < -0.39 is 21.6 Å². The van der Waals surface area contributed by atoms with Crippen LogP contribution in [-0.4, -0.2) is 33.5 Å². The van der Waals surface area contributed by atoms with Crippen molar-refractivity contribution in [2.24, 2.45) is 0 Å². The Hall–Kier alpha value is -2.23. The number of nitrogens with zero attached hydrogens (tertiary/aromatic N) is 1. The average Bonchev–Trinajstić information content (AvgIpc) is 3.35. The van der Waals surface area contributed by atoms with E-state index in [1.807, 2.05) is 0 Å². The Morgan fingerprint density at radius 1 is 1.29 bits per heavy atom. The standard InChI is InChI=1S/C19H19FN2O4S2/c20-14-5-3-13(4-6-14)12-22-16-7-9-27-19(16)18(23)17(28(22,24)25)11-21-10-15-2-1-8-26-15/h3-7,9,11,15,21H,1-2,8,10,12H2/b17-11-. The predicted octanol–water partition coefficient (Wildman–Crippen LogP) is 3.03. The summed E-state index contributed by atoms with van der Waals surface area (Å²) in [6.07, 6.45) is 3.18. The summed E-state index contributed by atoms with van der Waals surface area (Å²) in [6, 6.07) is 7.26. The Labute approximate surface area is 166 Å². The van der Waals surface area contributed by atoms with Crippen LogP contribution in [0, 0.1) is 5.82 Å². The zero-order valence-corrected chi connectivity index (χ0v) is 16.6. The highest BCUT2D eigenvalue weighted by Crippen LogP contribution is 2.39. The number of carbonyl (C=O) groups excluding carboxylic acids is 1. The van der Waals surface area contributed by atoms with Crippen LogP contribution in [0.3, 0.4) is 0 Å². The smallest absolute Gasteiger partial charge is 0.270 e. The number of allylic oxidation sites excluding steroid dienone is 1. The molecule has 1 atom stereocenters. The molecule has 148 valence electrons. The molecule has 0 saturated carbocycles. The molecule has 2 aliphatic rings. The molecule has 1 fully saturated rings. The minimum atomic E-state index is -4.05. The molecule has 9 heteroatoms. The minimum absolute atomic E-state index is 0.0166. The van der Waals surface area contributed by atoms with Crippen LogP contribution in [0.5, 0.6) is 0 Å². The number of halogens is 1. The van der Waals surface area contributed by atoms with Crippen molar-refractivity contribution in [1.82, 2.24) is 5.32 Å². The number of nitrogens with one attached hydrogen (secondary N) is 1. The number of rotatable bonds is 5. The van der Waals surface area contributed by atoms with Gasteiger partial charge in [-0.1, -0.05) is 12.1 Å². The quantitative estimate of drug-likeness (QED) is 0.750. The van der Waals surface area contributed by atoms with Crippen molar-refractivity contribution in [3.8, 4) is 0 Å². The average molecular weight is 423 g/mol. The van der Waals surface area contributed by atoms with Gasteiger partial charge >= 0.3 is 0 Å². The molecule has 2 aliphatic heterocycles. The first kappa shape index (κ1) is 19.1. The van der Waals surface area contributed by atoms with Crippen LogP contribution < -0.4 is 9.62 Å². The molecule has 1 aromatic carbocycles. The Morgan fingerprint density at radius 3 is 2.79 bits per heavy atom. The fraction of sp³-hybridized carbons (Fsp3) is 0.316. The molecule has 0 bridgehead atoms. The number of ketones is 1. The van der Waals surface area contributed by atoms with E-state index in [0.29, 0.717) is 29.3 Å². The van der Waals surface area contributed by atoms with Crippen LogP contribution in [0.25, 0.3) is 0 Å². The van der Waals surface area contributed by atoms with E-state index in [4.69, 9.17) is 4.74 Å². The summed E-state index contributed by atoms with van der Waals surface area (Å²) in [7, 11) is -4.05. The normalized spacial score (nSPS) is 22.5. The number of hydrogen-bond acceptors (Lipinski definition) is 6. The third-order valence-corrected chi connectivity index (χ3v) is 7.42. The Bertz CT molecular complexity index is 1010. The third kappa shape index (κ3) is 3.57. The first-order valence-corrected chi connectivity index (χ1v) is 11.2. The van der Waals surface area contributed by atoms with Crippen molar-refractivity contribution in [1.29, 1.82) is 0 Å². The molecule has 1 unspecified atom stereocenters. The summed E-state index contributed by atoms with van der Waals surface area (Å²) in [4.78, 5) is 12.9. The van der Waals surface area contributed by atoms with Gasteiger partial charge in [0.25, 0.3) is 10.0 Å². The summed E-state index contributed by atoms with van der Waals surface area (Å²) >= 11 is 1.20. The molecular weight excluding hydrogens is 403 g/mol. The third-order valence-electron chi connectivity index (χ3n) is 4.75. The number of hydrogen-bond donors (Lipinski definition) is 1. The summed E-state index contributed by atoms with van der Waals surface area (Å²) in [6.45, 7) is 1.16. The van der Waals surface area contributed by atoms with Crippen LogP contribution in [0.1, 0.15) is 28.1 Å². The van der Waals surface area contributed by atoms with E-state index in [0.717, 1.165) is 12.8 Å². The van der Waals surface area contributed by atoms with Crippen molar-refractivity contribution in [2.45, 2.75) is 25.5 Å². The SMILES string of the molecule is O=C1/C(=C/NCC2CCCO2)S(=O)(=O)N(Cc2ccc(F)cc2)c2ccsc21. The minimum Gasteiger partial charge on any atom is -0.387 e. The van der Waals surface area contributed by atoms with Gasteiger partial charge in [0.05, 0.1) is 18.3 Å². The van der Waals surface area contributed by atoms with E-state index in [1.165, 1.54) is 46.1 Å². The highest BCUT2D eigenvalue weighted by Gasteiger charge is 2.41. The van der Waals surface area contributed by atoms with Gasteiger partial charge in [0, 0.05) is 19.4 Å². The number of anilines is 1. The molecule has 2 aromatic rings. The number of sulfonamides is 1. The van der Waals surface area contributed by atoms with E-state index in [1.54, 1.807) is 11.4 Å². The van der Waals surface area contributed by atoms with Crippen molar-refractivity contribution in [2.75, 3.05) is 17.5 Å². The van der Waals surface area contributed by atoms with Crippen molar-refractivity contribution in [3.63, 3.8) is 0 Å². The maximum absolute atomic E-state index is 13.2. The van der Waals surface area contributed by atoms with Gasteiger partial charge in [-0.2, -0.15) is 0 Å². The molecule has 0 radical (unpaired) electrons. The van der Waals surface area contributed by atoms with Crippen LogP contribution in [-0.2, 0) is 21.3 Å². The van der Waals surface area contributed by atoms with Gasteiger partial charge < -0.3 is 10.1 Å². The van der Waals surface area contributed by atoms with Gasteiger partial charge in [-0.25, -0.2) is 12.8 Å². The summed E-state index contributed by atoms with van der Waals surface area (Å²) in [5.41, 5.74) is 0.985. The second kappa shape index (κ2) is 7.65. The number of thiophene rings is 1. The summed E-state index contributed by atoms with van der Waals surface area (Å²) in [5.74, 6) is -0.907. The lowest BCUT2D eigenvalue weighted by atomic mass is 10.2. The predicted molar refractivity (Wildman–Crippen MR) is 105 cm³/mol. The number of fused-ring (bicyclic) bond motifs is 1. The lowest BCUT2D eigenvalue weighted by Crippen LogP contribution is -2.39. The van der Waals surface area contributed by atoms with Crippen molar-refractivity contribution < 1.29 is 22.3 Å². The maximum Gasteiger partial charge on any atom is 0.270 e. The second-order valence-corrected chi connectivity index (χ2v) is 9.40. The first-order chi connectivity index (χ1) is 13.5. The number of carbonyl (C=O) groups is 1. The molecule has 1 N–H and O–H groups in total. The highest BCUT2D eigenvalue weighted by atomic mass is 32.2. The molecular formula is C19H19FN2O4S2. The van der Waals surface area contributed by atoms with Crippen molar-refractivity contribution in [3.05, 3.63) is 63.1 Å². The highest BCUT2D eigenvalue weighted by molar-refractivity contribution is 7.97. The van der Waals surface area contributed by atoms with Crippen LogP contribution in [0.4, 0.5) is 10.1 Å². The molecule has 28 heavy (non-hydrogen) atoms. The molecule has 0 amide bonds. The van der Waals surface area contributed by atoms with E-state index in [2.05, 4.69) is 5.32 Å². The number of ether oxygens (including phenoxy) is 1. The molecule has 1 saturated heterocycles. The monoisotopic (exact) mass is 422 g/mol. The Balaban J connectivity index is 1.64. The van der Waals surface area contributed by atoms with E-state index >= 15 is 0 Å². The van der Waals surface area contributed by atoms with Crippen LogP contribution >= 0.6 is 11.3 Å². The van der Waals surface area contributed by atoms with Gasteiger partial charge in [-0.3, -0.25) is 9.10 Å². The van der Waals surface area contributed by atoms with Gasteiger partial charge in [-0.15, -0.1) is 11.3 Å². The molecule has 6 nitrogen and oxygen atoms in total. The fourth-order valence-electron chi connectivity index (χ4n) is 3.30. The topological polar surface area (TPSA) is 75.7 Å². The summed E-state index contributed by atoms with van der Waals surface area (Å²) in [5, 5.41) is 4.63.